The second-order valence-corrected chi connectivity index (χ2v) is 6.38. The number of nitrogens with one attached hydrogen (secondary N) is 1. The molecule has 0 bridgehead atoms. The Morgan fingerprint density at radius 3 is 2.68 bits per heavy atom. The Kier molecular flexibility index (Phi) is 4.75. The first-order valence-electron chi connectivity index (χ1n) is 7.53. The Bertz CT molecular complexity index is 1040. The van der Waals surface area contributed by atoms with Gasteiger partial charge < -0.3 is 14.5 Å². The molecule has 9 heteroatoms. The molecule has 0 aliphatic carbocycles. The van der Waals surface area contributed by atoms with Crippen molar-refractivity contribution in [3.8, 4) is 0 Å². The number of H-pyrrole nitrogens is 1. The van der Waals surface area contributed by atoms with E-state index in [9.17, 15) is 19.5 Å². The first-order valence-corrected chi connectivity index (χ1v) is 8.52. The van der Waals surface area contributed by atoms with Crippen molar-refractivity contribution < 1.29 is 9.90 Å². The molecule has 8 nitrogen and oxygen atoms in total. The molecule has 2 heterocycles. The second-order valence-electron chi connectivity index (χ2n) is 5.43. The lowest BCUT2D eigenvalue weighted by Gasteiger charge is -2.09. The largest absolute Gasteiger partial charge is 0.549 e. The molecule has 0 atom stereocenters. The van der Waals surface area contributed by atoms with Gasteiger partial charge in [-0.05, 0) is 12.0 Å². The van der Waals surface area contributed by atoms with Crippen LogP contribution < -0.4 is 16.4 Å². The SMILES string of the molecule is Cn1c(=O)[nH]c(=O)c2c1nc(SCC(=O)[O-])n2CCc1ccccc1. The van der Waals surface area contributed by atoms with Gasteiger partial charge in [0, 0.05) is 19.3 Å². The molecule has 25 heavy (non-hydrogen) atoms. The van der Waals surface area contributed by atoms with E-state index in [-0.39, 0.29) is 16.9 Å². The number of aromatic nitrogens is 4. The number of carboxylic acids is 1. The predicted octanol–water partition coefficient (Wildman–Crippen LogP) is -0.492. The third-order valence-electron chi connectivity index (χ3n) is 3.76. The summed E-state index contributed by atoms with van der Waals surface area (Å²) in [5.74, 6) is -1.52. The fourth-order valence-corrected chi connectivity index (χ4v) is 3.28. The topological polar surface area (TPSA) is 113 Å². The van der Waals surface area contributed by atoms with Crippen LogP contribution in [0.2, 0.25) is 0 Å². The van der Waals surface area contributed by atoms with Crippen LogP contribution in [0, 0.1) is 0 Å². The Balaban J connectivity index is 2.07. The van der Waals surface area contributed by atoms with Gasteiger partial charge in [0.2, 0.25) is 0 Å². The quantitative estimate of drug-likeness (QED) is 0.594. The maximum atomic E-state index is 12.3. The Morgan fingerprint density at radius 1 is 1.28 bits per heavy atom. The number of hydrogen-bond donors (Lipinski definition) is 1. The zero-order valence-corrected chi connectivity index (χ0v) is 14.2. The number of carbonyl (C=O) groups is 1. The molecule has 3 aromatic rings. The molecule has 1 N–H and O–H groups in total. The molecule has 130 valence electrons. The molecule has 0 saturated carbocycles. The zero-order chi connectivity index (χ0) is 18.0. The van der Waals surface area contributed by atoms with E-state index in [1.807, 2.05) is 30.3 Å². The smallest absolute Gasteiger partial charge is 0.329 e. The summed E-state index contributed by atoms with van der Waals surface area (Å²) in [5, 5.41) is 11.1. The third-order valence-corrected chi connectivity index (χ3v) is 4.71. The van der Waals surface area contributed by atoms with Crippen LogP contribution in [-0.4, -0.2) is 30.8 Å². The molecule has 0 fully saturated rings. The van der Waals surface area contributed by atoms with E-state index in [2.05, 4.69) is 9.97 Å². The first kappa shape index (κ1) is 17.0. The zero-order valence-electron chi connectivity index (χ0n) is 13.4. The van der Waals surface area contributed by atoms with E-state index in [0.29, 0.717) is 18.1 Å². The standard InChI is InChI=1S/C16H16N4O4S/c1-19-13-12(14(23)18-15(19)24)20(16(17-13)25-9-11(21)22)8-7-10-5-3-2-4-6-10/h2-6H,7-9H2,1H3,(H,21,22)(H,18,23,24)/p-1. The summed E-state index contributed by atoms with van der Waals surface area (Å²) in [7, 11) is 1.50. The van der Waals surface area contributed by atoms with E-state index in [1.165, 1.54) is 11.6 Å². The summed E-state index contributed by atoms with van der Waals surface area (Å²) < 4.78 is 2.88. The number of aryl methyl sites for hydroxylation is 3. The van der Waals surface area contributed by atoms with Crippen LogP contribution in [0.25, 0.3) is 11.2 Å². The first-order chi connectivity index (χ1) is 12.0. The van der Waals surface area contributed by atoms with Crippen molar-refractivity contribution in [3.05, 3.63) is 56.7 Å². The highest BCUT2D eigenvalue weighted by Crippen LogP contribution is 2.21. The highest BCUT2D eigenvalue weighted by molar-refractivity contribution is 7.99. The molecule has 0 radical (unpaired) electrons. The van der Waals surface area contributed by atoms with Crippen molar-refractivity contribution in [1.29, 1.82) is 0 Å². The summed E-state index contributed by atoms with van der Waals surface area (Å²) in [6.45, 7) is 0.428. The Morgan fingerprint density at radius 2 is 2.00 bits per heavy atom. The van der Waals surface area contributed by atoms with E-state index in [0.717, 1.165) is 17.3 Å². The molecule has 0 saturated heterocycles. The van der Waals surface area contributed by atoms with Gasteiger partial charge in [-0.3, -0.25) is 14.3 Å². The van der Waals surface area contributed by atoms with Crippen molar-refractivity contribution in [2.45, 2.75) is 18.1 Å². The molecule has 0 aliphatic rings. The fourth-order valence-electron chi connectivity index (χ4n) is 2.54. The minimum absolute atomic E-state index is 0.225. The maximum absolute atomic E-state index is 12.3. The predicted molar refractivity (Wildman–Crippen MR) is 91.5 cm³/mol. The maximum Gasteiger partial charge on any atom is 0.329 e. The van der Waals surface area contributed by atoms with Gasteiger partial charge in [-0.15, -0.1) is 0 Å². The second kappa shape index (κ2) is 6.98. The van der Waals surface area contributed by atoms with Gasteiger partial charge in [0.1, 0.15) is 0 Å². The monoisotopic (exact) mass is 359 g/mol. The Hall–Kier alpha value is -2.81. The summed E-state index contributed by atoms with van der Waals surface area (Å²) in [6.07, 6.45) is 0.632. The minimum Gasteiger partial charge on any atom is -0.549 e. The van der Waals surface area contributed by atoms with Crippen LogP contribution in [0.1, 0.15) is 5.56 Å². The van der Waals surface area contributed by atoms with Gasteiger partial charge in [0.05, 0.1) is 5.97 Å². The minimum atomic E-state index is -1.23. The van der Waals surface area contributed by atoms with E-state index >= 15 is 0 Å². The van der Waals surface area contributed by atoms with Crippen molar-refractivity contribution in [2.75, 3.05) is 5.75 Å². The van der Waals surface area contributed by atoms with Crippen molar-refractivity contribution in [1.82, 2.24) is 19.1 Å². The van der Waals surface area contributed by atoms with Crippen LogP contribution >= 0.6 is 11.8 Å². The molecular weight excluding hydrogens is 344 g/mol. The number of rotatable bonds is 6. The number of benzene rings is 1. The average Bonchev–Trinajstić information content (AvgIpc) is 2.96. The van der Waals surface area contributed by atoms with Crippen LogP contribution in [-0.2, 0) is 24.8 Å². The van der Waals surface area contributed by atoms with Gasteiger partial charge >= 0.3 is 5.69 Å². The van der Waals surface area contributed by atoms with E-state index < -0.39 is 17.2 Å². The highest BCUT2D eigenvalue weighted by Gasteiger charge is 2.17. The highest BCUT2D eigenvalue weighted by atomic mass is 32.2. The number of carbonyl (C=O) groups excluding carboxylic acids is 1. The summed E-state index contributed by atoms with van der Waals surface area (Å²) in [6, 6.07) is 9.69. The number of fused-ring (bicyclic) bond motifs is 1. The van der Waals surface area contributed by atoms with Crippen LogP contribution in [0.5, 0.6) is 0 Å². The van der Waals surface area contributed by atoms with Gasteiger partial charge in [0.25, 0.3) is 5.56 Å². The number of nitrogens with zero attached hydrogens (tertiary/aromatic N) is 3. The number of thioether (sulfide) groups is 1. The average molecular weight is 359 g/mol. The summed E-state index contributed by atoms with van der Waals surface area (Å²) in [4.78, 5) is 41.4. The summed E-state index contributed by atoms with van der Waals surface area (Å²) >= 11 is 0.961. The van der Waals surface area contributed by atoms with Crippen LogP contribution in [0.15, 0.2) is 45.1 Å². The van der Waals surface area contributed by atoms with E-state index in [1.54, 1.807) is 4.57 Å². The van der Waals surface area contributed by atoms with Crippen LogP contribution in [0.3, 0.4) is 0 Å². The number of aromatic amines is 1. The number of imidazole rings is 1. The molecule has 1 aromatic carbocycles. The van der Waals surface area contributed by atoms with Gasteiger partial charge in [-0.25, -0.2) is 9.78 Å². The Labute approximate surface area is 146 Å². The lowest BCUT2D eigenvalue weighted by atomic mass is 10.1. The van der Waals surface area contributed by atoms with Crippen molar-refractivity contribution in [2.24, 2.45) is 7.05 Å². The summed E-state index contributed by atoms with van der Waals surface area (Å²) in [5.41, 5.74) is 0.434. The third kappa shape index (κ3) is 3.50. The fraction of sp³-hybridized carbons (Fsp3) is 0.250. The lowest BCUT2D eigenvalue weighted by molar-refractivity contribution is -0.301. The normalized spacial score (nSPS) is 11.1. The number of hydrogen-bond acceptors (Lipinski definition) is 6. The lowest BCUT2D eigenvalue weighted by Crippen LogP contribution is -2.29. The molecule has 2 aromatic heterocycles. The molecule has 0 amide bonds. The molecule has 0 unspecified atom stereocenters. The number of aliphatic carboxylic acids is 1. The van der Waals surface area contributed by atoms with Gasteiger partial charge in [0.15, 0.2) is 16.3 Å². The van der Waals surface area contributed by atoms with Crippen molar-refractivity contribution >= 4 is 28.9 Å². The molecule has 0 aliphatic heterocycles. The van der Waals surface area contributed by atoms with Gasteiger partial charge in [-0.2, -0.15) is 0 Å². The van der Waals surface area contributed by atoms with E-state index in [4.69, 9.17) is 0 Å². The van der Waals surface area contributed by atoms with Crippen LogP contribution in [0.4, 0.5) is 0 Å². The molecule has 0 spiro atoms. The number of carboxylic acid groups (broad SMARTS) is 1. The molecule has 3 rings (SSSR count). The van der Waals surface area contributed by atoms with Crippen molar-refractivity contribution in [3.63, 3.8) is 0 Å². The molecular formula is C16H15N4O4S-. The van der Waals surface area contributed by atoms with Gasteiger partial charge in [-0.1, -0.05) is 42.1 Å².